The maximum absolute atomic E-state index is 10.3. The van der Waals surface area contributed by atoms with E-state index in [1.165, 1.54) is 5.56 Å². The standard InChI is InChI=1S/C20H33NO3/c1-15-11-16(20(2,3)4)8-9-19(15)24-14-18(23)12-21-10-6-5-7-17(21)13-22/h8-9,11,17-18,22-23H,5-7,10,12-14H2,1-4H3/t17-,18+/m1/s1. The van der Waals surface area contributed by atoms with Crippen LogP contribution in [0.5, 0.6) is 5.75 Å². The van der Waals surface area contributed by atoms with Gasteiger partial charge in [0.2, 0.25) is 0 Å². The van der Waals surface area contributed by atoms with Gasteiger partial charge in [0.15, 0.2) is 0 Å². The van der Waals surface area contributed by atoms with E-state index >= 15 is 0 Å². The molecule has 136 valence electrons. The third-order valence-corrected chi connectivity index (χ3v) is 4.88. The van der Waals surface area contributed by atoms with Crippen LogP contribution in [0.15, 0.2) is 18.2 Å². The quantitative estimate of drug-likeness (QED) is 0.839. The van der Waals surface area contributed by atoms with Crippen LogP contribution in [0.1, 0.15) is 51.2 Å². The van der Waals surface area contributed by atoms with Crippen molar-refractivity contribution in [2.24, 2.45) is 0 Å². The molecule has 2 rings (SSSR count). The van der Waals surface area contributed by atoms with Crippen LogP contribution < -0.4 is 4.74 Å². The van der Waals surface area contributed by atoms with Gasteiger partial charge in [-0.2, -0.15) is 0 Å². The minimum absolute atomic E-state index is 0.121. The summed E-state index contributed by atoms with van der Waals surface area (Å²) in [5, 5.41) is 19.8. The summed E-state index contributed by atoms with van der Waals surface area (Å²) in [6.45, 7) is 10.6. The zero-order valence-electron chi connectivity index (χ0n) is 15.6. The number of β-amino-alcohol motifs (C(OH)–C–C–N with tert-alkyl or cyclic N) is 1. The monoisotopic (exact) mass is 335 g/mol. The van der Waals surface area contributed by atoms with E-state index in [0.29, 0.717) is 6.54 Å². The van der Waals surface area contributed by atoms with E-state index in [1.54, 1.807) is 0 Å². The lowest BCUT2D eigenvalue weighted by atomic mass is 9.86. The van der Waals surface area contributed by atoms with Gasteiger partial charge in [-0.1, -0.05) is 39.3 Å². The lowest BCUT2D eigenvalue weighted by Gasteiger charge is -2.35. The third-order valence-electron chi connectivity index (χ3n) is 4.88. The van der Waals surface area contributed by atoms with Crippen molar-refractivity contribution in [3.8, 4) is 5.75 Å². The molecule has 0 saturated carbocycles. The molecule has 0 unspecified atom stereocenters. The molecule has 24 heavy (non-hydrogen) atoms. The molecule has 0 bridgehead atoms. The van der Waals surface area contributed by atoms with Crippen LogP contribution >= 0.6 is 0 Å². The van der Waals surface area contributed by atoms with Crippen molar-refractivity contribution in [1.29, 1.82) is 0 Å². The number of aryl methyl sites for hydroxylation is 1. The van der Waals surface area contributed by atoms with E-state index < -0.39 is 6.10 Å². The first-order chi connectivity index (χ1) is 11.3. The Morgan fingerprint density at radius 2 is 2.04 bits per heavy atom. The molecular weight excluding hydrogens is 302 g/mol. The van der Waals surface area contributed by atoms with Crippen LogP contribution in [-0.4, -0.2) is 53.6 Å². The summed E-state index contributed by atoms with van der Waals surface area (Å²) in [5.74, 6) is 0.833. The van der Waals surface area contributed by atoms with Gasteiger partial charge in [0.05, 0.1) is 6.61 Å². The number of benzene rings is 1. The number of nitrogens with zero attached hydrogens (tertiary/aromatic N) is 1. The second-order valence-corrected chi connectivity index (χ2v) is 8.02. The number of rotatable bonds is 6. The Balaban J connectivity index is 1.88. The largest absolute Gasteiger partial charge is 0.491 e. The van der Waals surface area contributed by atoms with Gasteiger partial charge in [-0.25, -0.2) is 0 Å². The molecule has 1 saturated heterocycles. The molecular formula is C20H33NO3. The minimum Gasteiger partial charge on any atom is -0.491 e. The third kappa shape index (κ3) is 5.20. The summed E-state index contributed by atoms with van der Waals surface area (Å²) in [7, 11) is 0. The Labute approximate surface area is 146 Å². The molecule has 1 aliphatic rings. The van der Waals surface area contributed by atoms with Gasteiger partial charge in [0.25, 0.3) is 0 Å². The molecule has 0 spiro atoms. The van der Waals surface area contributed by atoms with Crippen molar-refractivity contribution in [2.75, 3.05) is 26.3 Å². The van der Waals surface area contributed by atoms with Gasteiger partial charge < -0.3 is 14.9 Å². The molecule has 1 aromatic rings. The normalized spacial score (nSPS) is 20.8. The molecule has 0 amide bonds. The molecule has 2 atom stereocenters. The van der Waals surface area contributed by atoms with Crippen molar-refractivity contribution in [3.63, 3.8) is 0 Å². The van der Waals surface area contributed by atoms with E-state index in [0.717, 1.165) is 37.1 Å². The van der Waals surface area contributed by atoms with E-state index in [2.05, 4.69) is 37.8 Å². The number of ether oxygens (including phenoxy) is 1. The number of piperidine rings is 1. The fourth-order valence-corrected chi connectivity index (χ4v) is 3.29. The Hall–Kier alpha value is -1.10. The molecule has 0 aliphatic carbocycles. The van der Waals surface area contributed by atoms with Crippen LogP contribution in [0.4, 0.5) is 0 Å². The fraction of sp³-hybridized carbons (Fsp3) is 0.700. The predicted octanol–water partition coefficient (Wildman–Crippen LogP) is 2.88. The summed E-state index contributed by atoms with van der Waals surface area (Å²) in [5.41, 5.74) is 2.50. The number of hydrogen-bond acceptors (Lipinski definition) is 4. The van der Waals surface area contributed by atoms with Gasteiger partial charge in [-0.3, -0.25) is 4.90 Å². The van der Waals surface area contributed by atoms with E-state index in [1.807, 2.05) is 13.0 Å². The van der Waals surface area contributed by atoms with Gasteiger partial charge in [0, 0.05) is 12.6 Å². The van der Waals surface area contributed by atoms with E-state index in [-0.39, 0.29) is 24.7 Å². The molecule has 1 aliphatic heterocycles. The first-order valence-corrected chi connectivity index (χ1v) is 9.08. The SMILES string of the molecule is Cc1cc(C(C)(C)C)ccc1OC[C@@H](O)CN1CCCC[C@@H]1CO. The zero-order chi connectivity index (χ0) is 17.7. The van der Waals surface area contributed by atoms with Crippen molar-refractivity contribution >= 4 is 0 Å². The Bertz CT molecular complexity index is 524. The Kier molecular flexibility index (Phi) is 6.67. The second-order valence-electron chi connectivity index (χ2n) is 8.02. The van der Waals surface area contributed by atoms with E-state index in [9.17, 15) is 10.2 Å². The lowest BCUT2D eigenvalue weighted by Crippen LogP contribution is -2.46. The molecule has 0 aromatic heterocycles. The first-order valence-electron chi connectivity index (χ1n) is 9.08. The van der Waals surface area contributed by atoms with Gasteiger partial charge in [-0.05, 0) is 48.9 Å². The topological polar surface area (TPSA) is 52.9 Å². The van der Waals surface area contributed by atoms with Crippen molar-refractivity contribution < 1.29 is 14.9 Å². The van der Waals surface area contributed by atoms with Crippen molar-refractivity contribution in [2.45, 2.75) is 64.5 Å². The smallest absolute Gasteiger partial charge is 0.122 e. The zero-order valence-corrected chi connectivity index (χ0v) is 15.6. The second kappa shape index (κ2) is 8.32. The Morgan fingerprint density at radius 3 is 2.67 bits per heavy atom. The number of hydrogen-bond donors (Lipinski definition) is 2. The average molecular weight is 335 g/mol. The highest BCUT2D eigenvalue weighted by Crippen LogP contribution is 2.27. The molecule has 1 fully saturated rings. The van der Waals surface area contributed by atoms with E-state index in [4.69, 9.17) is 4.74 Å². The van der Waals surface area contributed by atoms with Crippen molar-refractivity contribution in [3.05, 3.63) is 29.3 Å². The van der Waals surface area contributed by atoms with Gasteiger partial charge in [-0.15, -0.1) is 0 Å². The molecule has 2 N–H and O–H groups in total. The van der Waals surface area contributed by atoms with Crippen LogP contribution in [-0.2, 0) is 5.41 Å². The van der Waals surface area contributed by atoms with Gasteiger partial charge in [0.1, 0.15) is 18.5 Å². The summed E-state index contributed by atoms with van der Waals surface area (Å²) in [6, 6.07) is 6.44. The molecule has 4 heteroatoms. The van der Waals surface area contributed by atoms with Crippen LogP contribution in [0.25, 0.3) is 0 Å². The number of aliphatic hydroxyl groups excluding tert-OH is 2. The fourth-order valence-electron chi connectivity index (χ4n) is 3.29. The highest BCUT2D eigenvalue weighted by atomic mass is 16.5. The van der Waals surface area contributed by atoms with Crippen LogP contribution in [0.2, 0.25) is 0 Å². The molecule has 0 radical (unpaired) electrons. The highest BCUT2D eigenvalue weighted by molar-refractivity contribution is 5.38. The van der Waals surface area contributed by atoms with Crippen LogP contribution in [0, 0.1) is 6.92 Å². The summed E-state index contributed by atoms with van der Waals surface area (Å²) in [6.07, 6.45) is 2.77. The molecule has 1 heterocycles. The lowest BCUT2D eigenvalue weighted by molar-refractivity contribution is 0.0231. The maximum Gasteiger partial charge on any atom is 0.122 e. The summed E-state index contributed by atoms with van der Waals surface area (Å²) in [4.78, 5) is 2.19. The van der Waals surface area contributed by atoms with Crippen molar-refractivity contribution in [1.82, 2.24) is 4.90 Å². The maximum atomic E-state index is 10.3. The van der Waals surface area contributed by atoms with Gasteiger partial charge >= 0.3 is 0 Å². The Morgan fingerprint density at radius 1 is 1.29 bits per heavy atom. The highest BCUT2D eigenvalue weighted by Gasteiger charge is 2.24. The minimum atomic E-state index is -0.543. The molecule has 4 nitrogen and oxygen atoms in total. The van der Waals surface area contributed by atoms with Crippen LogP contribution in [0.3, 0.4) is 0 Å². The predicted molar refractivity (Wildman–Crippen MR) is 97.7 cm³/mol. The molecule has 1 aromatic carbocycles. The number of likely N-dealkylation sites (tertiary alicyclic amines) is 1. The number of aliphatic hydroxyl groups is 2. The summed E-state index contributed by atoms with van der Waals surface area (Å²) >= 11 is 0. The average Bonchev–Trinajstić information content (AvgIpc) is 2.53. The summed E-state index contributed by atoms with van der Waals surface area (Å²) < 4.78 is 5.84. The first kappa shape index (κ1) is 19.2.